The first-order valence-corrected chi connectivity index (χ1v) is 8.71. The second kappa shape index (κ2) is 7.08. The number of nitrogens with zero attached hydrogens (tertiary/aromatic N) is 2. The highest BCUT2D eigenvalue weighted by Crippen LogP contribution is 2.29. The first kappa shape index (κ1) is 18.2. The first-order chi connectivity index (χ1) is 13.9. The molecule has 0 atom stereocenters. The maximum absolute atomic E-state index is 12.6. The Morgan fingerprint density at radius 3 is 2.52 bits per heavy atom. The van der Waals surface area contributed by atoms with Crippen LogP contribution >= 0.6 is 0 Å². The molecule has 1 N–H and O–H groups in total. The van der Waals surface area contributed by atoms with Crippen molar-refractivity contribution in [2.24, 2.45) is 0 Å². The highest BCUT2D eigenvalue weighted by Gasteiger charge is 2.34. The molecule has 29 heavy (non-hydrogen) atoms. The van der Waals surface area contributed by atoms with Crippen LogP contribution in [0.3, 0.4) is 0 Å². The third-order valence-corrected chi connectivity index (χ3v) is 4.51. The number of benzene rings is 2. The third kappa shape index (κ3) is 3.39. The van der Waals surface area contributed by atoms with Gasteiger partial charge in [0.25, 0.3) is 17.5 Å². The van der Waals surface area contributed by atoms with Gasteiger partial charge in [-0.1, -0.05) is 18.2 Å². The molecule has 1 aromatic heterocycles. The summed E-state index contributed by atoms with van der Waals surface area (Å²) in [6, 6.07) is 16.6. The number of hydrazine groups is 1. The van der Waals surface area contributed by atoms with E-state index in [0.29, 0.717) is 28.3 Å². The lowest BCUT2D eigenvalue weighted by Crippen LogP contribution is -2.35. The minimum Gasteiger partial charge on any atom is -0.457 e. The molecule has 1 saturated heterocycles. The summed E-state index contributed by atoms with van der Waals surface area (Å²) in [6.45, 7) is 1.74. The summed E-state index contributed by atoms with van der Waals surface area (Å²) in [4.78, 5) is 35.3. The molecule has 2 aromatic carbocycles. The van der Waals surface area contributed by atoms with Crippen molar-refractivity contribution in [3.63, 3.8) is 0 Å². The number of aryl methyl sites for hydroxylation is 1. The summed E-state index contributed by atoms with van der Waals surface area (Å²) in [5.41, 5.74) is 4.39. The van der Waals surface area contributed by atoms with Gasteiger partial charge in [0.1, 0.15) is 17.1 Å². The van der Waals surface area contributed by atoms with Gasteiger partial charge in [0.2, 0.25) is 0 Å². The molecule has 2 heterocycles. The third-order valence-electron chi connectivity index (χ3n) is 4.51. The Morgan fingerprint density at radius 1 is 1.07 bits per heavy atom. The average molecular weight is 389 g/mol. The fourth-order valence-electron chi connectivity index (χ4n) is 3.07. The molecule has 0 spiro atoms. The van der Waals surface area contributed by atoms with Crippen molar-refractivity contribution in [1.82, 2.24) is 5.43 Å². The lowest BCUT2D eigenvalue weighted by atomic mass is 10.1. The van der Waals surface area contributed by atoms with Gasteiger partial charge >= 0.3 is 0 Å². The number of nitro groups is 1. The van der Waals surface area contributed by atoms with Gasteiger partial charge < -0.3 is 4.42 Å². The van der Waals surface area contributed by atoms with Gasteiger partial charge in [-0.15, -0.1) is 0 Å². The molecule has 0 aliphatic carbocycles. The Bertz CT molecular complexity index is 1160. The highest BCUT2D eigenvalue weighted by atomic mass is 16.6. The number of hydrogen-bond donors (Lipinski definition) is 1. The number of rotatable bonds is 4. The van der Waals surface area contributed by atoms with Crippen molar-refractivity contribution in [3.8, 4) is 11.3 Å². The fraction of sp³-hybridized carbons (Fsp3) is 0.0476. The fourth-order valence-corrected chi connectivity index (χ4v) is 3.07. The molecule has 0 bridgehead atoms. The van der Waals surface area contributed by atoms with Crippen LogP contribution in [0, 0.1) is 17.0 Å². The van der Waals surface area contributed by atoms with Crippen LogP contribution in [0.1, 0.15) is 11.3 Å². The lowest BCUT2D eigenvalue weighted by molar-refractivity contribution is -0.384. The van der Waals surface area contributed by atoms with Gasteiger partial charge in [-0.25, -0.2) is 5.01 Å². The number of nitrogens with one attached hydrogen (secondary N) is 1. The summed E-state index contributed by atoms with van der Waals surface area (Å²) in [7, 11) is 0. The summed E-state index contributed by atoms with van der Waals surface area (Å²) in [5.74, 6) is -0.199. The molecule has 1 aliphatic rings. The molecule has 1 aliphatic heterocycles. The number of furan rings is 1. The average Bonchev–Trinajstić information content (AvgIpc) is 3.28. The predicted octanol–water partition coefficient (Wildman–Crippen LogP) is 3.62. The van der Waals surface area contributed by atoms with E-state index in [1.54, 1.807) is 49.4 Å². The zero-order valence-electron chi connectivity index (χ0n) is 15.3. The van der Waals surface area contributed by atoms with Crippen molar-refractivity contribution in [1.29, 1.82) is 0 Å². The Balaban J connectivity index is 1.62. The molecule has 8 heteroatoms. The van der Waals surface area contributed by atoms with E-state index in [1.165, 1.54) is 23.2 Å². The minimum atomic E-state index is -0.525. The van der Waals surface area contributed by atoms with E-state index in [1.807, 2.05) is 6.07 Å². The number of carbonyl (C=O) groups excluding carboxylic acids is 2. The molecule has 144 valence electrons. The molecule has 4 rings (SSSR count). The lowest BCUT2D eigenvalue weighted by Gasteiger charge is -2.13. The number of para-hydroxylation sites is 1. The molecule has 8 nitrogen and oxygen atoms in total. The molecule has 1 fully saturated rings. The smallest absolute Gasteiger partial charge is 0.282 e. The van der Waals surface area contributed by atoms with Gasteiger partial charge in [-0.2, -0.15) is 0 Å². The Morgan fingerprint density at radius 2 is 1.83 bits per heavy atom. The predicted molar refractivity (Wildman–Crippen MR) is 106 cm³/mol. The van der Waals surface area contributed by atoms with E-state index >= 15 is 0 Å². The van der Waals surface area contributed by atoms with Gasteiger partial charge in [0.15, 0.2) is 0 Å². The van der Waals surface area contributed by atoms with Crippen LogP contribution in [0.5, 0.6) is 0 Å². The van der Waals surface area contributed by atoms with Crippen LogP contribution < -0.4 is 10.4 Å². The molecular weight excluding hydrogens is 374 g/mol. The maximum atomic E-state index is 12.6. The van der Waals surface area contributed by atoms with Crippen LogP contribution in [0.15, 0.2) is 70.7 Å². The van der Waals surface area contributed by atoms with Crippen molar-refractivity contribution < 1.29 is 18.9 Å². The zero-order valence-corrected chi connectivity index (χ0v) is 15.3. The Labute approximate surface area is 165 Å². The molecule has 0 saturated carbocycles. The molecule has 0 unspecified atom stereocenters. The van der Waals surface area contributed by atoms with Gasteiger partial charge in [0, 0.05) is 17.7 Å². The first-order valence-electron chi connectivity index (χ1n) is 8.71. The van der Waals surface area contributed by atoms with E-state index in [9.17, 15) is 19.7 Å². The summed E-state index contributed by atoms with van der Waals surface area (Å²) in [5, 5.41) is 12.1. The quantitative estimate of drug-likeness (QED) is 0.317. The Hall–Kier alpha value is -4.20. The SMILES string of the molecule is Cc1cc([N+](=O)[O-])ccc1-c1ccc(C=C2C(=O)NN(c3ccccc3)C2=O)o1. The maximum Gasteiger partial charge on any atom is 0.282 e. The number of non-ortho nitro benzene ring substituents is 1. The van der Waals surface area contributed by atoms with Crippen molar-refractivity contribution in [3.05, 3.63) is 87.7 Å². The number of carbonyl (C=O) groups is 2. The van der Waals surface area contributed by atoms with Crippen LogP contribution in [0.2, 0.25) is 0 Å². The monoisotopic (exact) mass is 389 g/mol. The van der Waals surface area contributed by atoms with Crippen LogP contribution in [-0.4, -0.2) is 16.7 Å². The number of amides is 2. The largest absolute Gasteiger partial charge is 0.457 e. The van der Waals surface area contributed by atoms with E-state index in [2.05, 4.69) is 5.43 Å². The second-order valence-corrected chi connectivity index (χ2v) is 6.43. The van der Waals surface area contributed by atoms with Crippen LogP contribution in [-0.2, 0) is 9.59 Å². The Kier molecular flexibility index (Phi) is 4.44. The second-order valence-electron chi connectivity index (χ2n) is 6.43. The van der Waals surface area contributed by atoms with E-state index < -0.39 is 16.7 Å². The highest BCUT2D eigenvalue weighted by molar-refractivity contribution is 6.31. The number of hydrogen-bond acceptors (Lipinski definition) is 5. The molecule has 0 radical (unpaired) electrons. The number of nitro benzene ring substituents is 1. The van der Waals surface area contributed by atoms with Gasteiger partial charge in [0.05, 0.1) is 10.6 Å². The minimum absolute atomic E-state index is 0.00521. The van der Waals surface area contributed by atoms with E-state index in [4.69, 9.17) is 4.42 Å². The van der Waals surface area contributed by atoms with Crippen molar-refractivity contribution in [2.75, 3.05) is 5.01 Å². The van der Waals surface area contributed by atoms with Crippen LogP contribution in [0.25, 0.3) is 17.4 Å². The van der Waals surface area contributed by atoms with Crippen LogP contribution in [0.4, 0.5) is 11.4 Å². The van der Waals surface area contributed by atoms with E-state index in [-0.39, 0.29) is 11.3 Å². The summed E-state index contributed by atoms with van der Waals surface area (Å²) < 4.78 is 5.75. The topological polar surface area (TPSA) is 106 Å². The standard InChI is InChI=1S/C21H15N3O5/c1-13-11-15(24(27)28)7-9-17(13)19-10-8-16(29-19)12-18-20(25)22-23(21(18)26)14-5-3-2-4-6-14/h2-12H,1H3,(H,22,25). The molecular formula is C21H15N3O5. The van der Waals surface area contributed by atoms with Gasteiger partial charge in [-0.3, -0.25) is 25.1 Å². The zero-order chi connectivity index (χ0) is 20.5. The van der Waals surface area contributed by atoms with Gasteiger partial charge in [-0.05, 0) is 48.9 Å². The van der Waals surface area contributed by atoms with E-state index in [0.717, 1.165) is 0 Å². The summed E-state index contributed by atoms with van der Waals surface area (Å²) >= 11 is 0. The molecule has 3 aromatic rings. The van der Waals surface area contributed by atoms with Crippen molar-refractivity contribution in [2.45, 2.75) is 6.92 Å². The van der Waals surface area contributed by atoms with Crippen molar-refractivity contribution >= 4 is 29.3 Å². The normalized spacial score (nSPS) is 15.1. The molecule has 2 amide bonds. The number of anilines is 1. The summed E-state index contributed by atoms with van der Waals surface area (Å²) in [6.07, 6.45) is 1.38.